The van der Waals surface area contributed by atoms with Gasteiger partial charge in [0.25, 0.3) is 10.0 Å². The third-order valence-electron chi connectivity index (χ3n) is 3.73. The molecule has 0 fully saturated rings. The lowest BCUT2D eigenvalue weighted by molar-refractivity contribution is 0.596. The van der Waals surface area contributed by atoms with E-state index in [0.717, 1.165) is 10.2 Å². The summed E-state index contributed by atoms with van der Waals surface area (Å²) in [4.78, 5) is 4.78. The SMILES string of the molecule is O=S(=O)(c1ccccc1)N(c1ccccc1)c1nc2ccccc2s1. The Bertz CT molecular complexity index is 1070. The number of benzene rings is 3. The van der Waals surface area contributed by atoms with E-state index in [1.165, 1.54) is 15.6 Å². The van der Waals surface area contributed by atoms with Gasteiger partial charge in [-0.3, -0.25) is 0 Å². The Kier molecular flexibility index (Phi) is 3.99. The molecular weight excluding hydrogens is 352 g/mol. The average molecular weight is 366 g/mol. The summed E-state index contributed by atoms with van der Waals surface area (Å²) < 4.78 is 28.9. The molecule has 0 atom stereocenters. The molecular formula is C19H14N2O2S2. The summed E-state index contributed by atoms with van der Waals surface area (Å²) in [5.41, 5.74) is 1.34. The highest BCUT2D eigenvalue weighted by atomic mass is 32.2. The van der Waals surface area contributed by atoms with Gasteiger partial charge in [0.05, 0.1) is 20.8 Å². The van der Waals surface area contributed by atoms with Crippen molar-refractivity contribution in [2.75, 3.05) is 4.31 Å². The number of aromatic nitrogens is 1. The van der Waals surface area contributed by atoms with Gasteiger partial charge in [0, 0.05) is 0 Å². The summed E-state index contributed by atoms with van der Waals surface area (Å²) in [7, 11) is -3.77. The molecule has 0 aliphatic heterocycles. The smallest absolute Gasteiger partial charge is 0.219 e. The Morgan fingerprint density at radius 3 is 2.04 bits per heavy atom. The predicted molar refractivity (Wildman–Crippen MR) is 102 cm³/mol. The Labute approximate surface area is 150 Å². The Morgan fingerprint density at radius 2 is 1.36 bits per heavy atom. The van der Waals surface area contributed by atoms with Crippen molar-refractivity contribution < 1.29 is 8.42 Å². The molecule has 0 bridgehead atoms. The molecule has 0 unspecified atom stereocenters. The van der Waals surface area contributed by atoms with Crippen LogP contribution in [0.15, 0.2) is 89.8 Å². The zero-order valence-electron chi connectivity index (χ0n) is 13.1. The molecule has 1 aromatic heterocycles. The van der Waals surface area contributed by atoms with E-state index in [9.17, 15) is 8.42 Å². The van der Waals surface area contributed by atoms with Crippen molar-refractivity contribution in [3.8, 4) is 0 Å². The van der Waals surface area contributed by atoms with Crippen LogP contribution in [0.2, 0.25) is 0 Å². The van der Waals surface area contributed by atoms with Crippen LogP contribution in [0, 0.1) is 0 Å². The van der Waals surface area contributed by atoms with Gasteiger partial charge < -0.3 is 0 Å². The maximum atomic E-state index is 13.3. The van der Waals surface area contributed by atoms with Gasteiger partial charge in [-0.05, 0) is 36.4 Å². The number of sulfonamides is 1. The van der Waals surface area contributed by atoms with E-state index in [0.29, 0.717) is 10.8 Å². The lowest BCUT2D eigenvalue weighted by Crippen LogP contribution is -2.26. The maximum absolute atomic E-state index is 13.3. The first-order valence-electron chi connectivity index (χ1n) is 7.67. The van der Waals surface area contributed by atoms with Crippen LogP contribution < -0.4 is 4.31 Å². The van der Waals surface area contributed by atoms with E-state index in [-0.39, 0.29) is 4.90 Å². The summed E-state index contributed by atoms with van der Waals surface area (Å²) in [6.45, 7) is 0. The van der Waals surface area contributed by atoms with Crippen molar-refractivity contribution in [1.29, 1.82) is 0 Å². The minimum absolute atomic E-state index is 0.234. The van der Waals surface area contributed by atoms with Crippen LogP contribution in [-0.2, 0) is 10.0 Å². The van der Waals surface area contributed by atoms with Crippen molar-refractivity contribution in [2.24, 2.45) is 0 Å². The molecule has 0 saturated heterocycles. The van der Waals surface area contributed by atoms with E-state index in [4.69, 9.17) is 0 Å². The van der Waals surface area contributed by atoms with Crippen LogP contribution in [0.4, 0.5) is 10.8 Å². The molecule has 0 aliphatic rings. The summed E-state index contributed by atoms with van der Waals surface area (Å²) in [6.07, 6.45) is 0. The number of hydrogen-bond acceptors (Lipinski definition) is 4. The Balaban J connectivity index is 1.94. The molecule has 0 saturated carbocycles. The standard InChI is InChI=1S/C19H14N2O2S2/c22-25(23,16-11-5-2-6-12-16)21(15-9-3-1-4-10-15)19-20-17-13-7-8-14-18(17)24-19/h1-14H. The van der Waals surface area contributed by atoms with Gasteiger partial charge in [0.15, 0.2) is 0 Å². The second kappa shape index (κ2) is 6.31. The fourth-order valence-corrected chi connectivity index (χ4v) is 5.22. The van der Waals surface area contributed by atoms with Crippen molar-refractivity contribution in [1.82, 2.24) is 4.98 Å². The third-order valence-corrected chi connectivity index (χ3v) is 6.60. The van der Waals surface area contributed by atoms with Crippen LogP contribution in [0.3, 0.4) is 0 Å². The molecule has 0 radical (unpaired) electrons. The van der Waals surface area contributed by atoms with Gasteiger partial charge in [0.1, 0.15) is 0 Å². The number of para-hydroxylation sites is 2. The number of nitrogens with zero attached hydrogens (tertiary/aromatic N) is 2. The van der Waals surface area contributed by atoms with E-state index in [1.807, 2.05) is 42.5 Å². The molecule has 0 spiro atoms. The number of anilines is 2. The minimum Gasteiger partial charge on any atom is -0.219 e. The molecule has 25 heavy (non-hydrogen) atoms. The fraction of sp³-hybridized carbons (Fsp3) is 0. The van der Waals surface area contributed by atoms with E-state index in [1.54, 1.807) is 42.5 Å². The fourth-order valence-electron chi connectivity index (χ4n) is 2.56. The van der Waals surface area contributed by atoms with Gasteiger partial charge in [-0.25, -0.2) is 17.7 Å². The molecule has 1 heterocycles. The van der Waals surface area contributed by atoms with Crippen molar-refractivity contribution in [3.05, 3.63) is 84.9 Å². The summed E-state index contributed by atoms with van der Waals surface area (Å²) in [5.74, 6) is 0. The number of thiazole rings is 1. The molecule has 0 N–H and O–H groups in total. The molecule has 4 nitrogen and oxygen atoms in total. The van der Waals surface area contributed by atoms with E-state index in [2.05, 4.69) is 4.98 Å². The Morgan fingerprint density at radius 1 is 0.760 bits per heavy atom. The highest BCUT2D eigenvalue weighted by Gasteiger charge is 2.29. The van der Waals surface area contributed by atoms with Crippen LogP contribution in [0.1, 0.15) is 0 Å². The zero-order valence-corrected chi connectivity index (χ0v) is 14.7. The Hall–Kier alpha value is -2.70. The third kappa shape index (κ3) is 2.90. The second-order valence-electron chi connectivity index (χ2n) is 5.38. The molecule has 3 aromatic carbocycles. The average Bonchev–Trinajstić information content (AvgIpc) is 3.06. The second-order valence-corrected chi connectivity index (χ2v) is 8.18. The summed E-state index contributed by atoms with van der Waals surface area (Å²) >= 11 is 1.36. The largest absolute Gasteiger partial charge is 0.270 e. The first kappa shape index (κ1) is 15.8. The molecule has 4 aromatic rings. The topological polar surface area (TPSA) is 50.3 Å². The maximum Gasteiger partial charge on any atom is 0.270 e. The van der Waals surface area contributed by atoms with Crippen LogP contribution in [0.5, 0.6) is 0 Å². The number of rotatable bonds is 4. The van der Waals surface area contributed by atoms with Gasteiger partial charge >= 0.3 is 0 Å². The molecule has 124 valence electrons. The van der Waals surface area contributed by atoms with Crippen molar-refractivity contribution in [2.45, 2.75) is 4.90 Å². The van der Waals surface area contributed by atoms with Crippen LogP contribution in [-0.4, -0.2) is 13.4 Å². The van der Waals surface area contributed by atoms with Gasteiger partial charge in [-0.1, -0.05) is 59.9 Å². The predicted octanol–water partition coefficient (Wildman–Crippen LogP) is 4.82. The number of fused-ring (bicyclic) bond motifs is 1. The highest BCUT2D eigenvalue weighted by Crippen LogP contribution is 2.37. The quantitative estimate of drug-likeness (QED) is 0.520. The van der Waals surface area contributed by atoms with Gasteiger partial charge in [-0.2, -0.15) is 0 Å². The molecule has 0 aliphatic carbocycles. The first-order chi connectivity index (χ1) is 12.2. The molecule has 4 rings (SSSR count). The van der Waals surface area contributed by atoms with Gasteiger partial charge in [0.2, 0.25) is 5.13 Å². The van der Waals surface area contributed by atoms with E-state index >= 15 is 0 Å². The first-order valence-corrected chi connectivity index (χ1v) is 9.93. The lowest BCUT2D eigenvalue weighted by atomic mass is 10.3. The molecule has 0 amide bonds. The van der Waals surface area contributed by atoms with Crippen molar-refractivity contribution in [3.63, 3.8) is 0 Å². The summed E-state index contributed by atoms with van der Waals surface area (Å²) in [6, 6.07) is 25.1. The van der Waals surface area contributed by atoms with Crippen molar-refractivity contribution >= 4 is 42.4 Å². The highest BCUT2D eigenvalue weighted by molar-refractivity contribution is 7.93. The van der Waals surface area contributed by atoms with Gasteiger partial charge in [-0.15, -0.1) is 0 Å². The summed E-state index contributed by atoms with van der Waals surface area (Å²) in [5, 5.41) is 0.427. The minimum atomic E-state index is -3.77. The van der Waals surface area contributed by atoms with Crippen LogP contribution in [0.25, 0.3) is 10.2 Å². The van der Waals surface area contributed by atoms with E-state index < -0.39 is 10.0 Å². The zero-order chi connectivity index (χ0) is 17.3. The number of hydrogen-bond donors (Lipinski definition) is 0. The lowest BCUT2D eigenvalue weighted by Gasteiger charge is -2.21. The van der Waals surface area contributed by atoms with Crippen LogP contribution >= 0.6 is 11.3 Å². The molecule has 6 heteroatoms. The monoisotopic (exact) mass is 366 g/mol. The normalized spacial score (nSPS) is 11.5.